The fraction of sp³-hybridized carbons (Fsp3) is 0.367. The van der Waals surface area contributed by atoms with Crippen molar-refractivity contribution in [1.29, 1.82) is 0 Å². The average molecular weight is 517 g/mol. The maximum atomic E-state index is 14.0. The molecular formula is C30H32N2O6. The van der Waals surface area contributed by atoms with Crippen LogP contribution in [0.4, 0.5) is 0 Å². The van der Waals surface area contributed by atoms with Crippen LogP contribution in [0.5, 0.6) is 11.5 Å². The Bertz CT molecular complexity index is 1260. The number of fused-ring (bicyclic) bond motifs is 1. The molecule has 1 amide bonds. The Morgan fingerprint density at radius 3 is 2.47 bits per heavy atom. The van der Waals surface area contributed by atoms with Crippen molar-refractivity contribution >= 4 is 11.9 Å². The van der Waals surface area contributed by atoms with E-state index in [-0.39, 0.29) is 31.6 Å². The molecule has 1 N–H and O–H groups in total. The SMILES string of the molecule is COc1ccc2c(c1OCc1ccncc1)C[C@@H](C(=O)O)N(C(=O)[C@@H](OC1CCCC1)c1ccccc1)C2. The molecule has 0 saturated heterocycles. The van der Waals surface area contributed by atoms with Crippen LogP contribution in [0.15, 0.2) is 67.0 Å². The highest BCUT2D eigenvalue weighted by Crippen LogP contribution is 2.40. The van der Waals surface area contributed by atoms with Crippen LogP contribution in [-0.4, -0.2) is 46.1 Å². The second-order valence-electron chi connectivity index (χ2n) is 9.74. The maximum Gasteiger partial charge on any atom is 0.326 e. The maximum absolute atomic E-state index is 14.0. The number of carboxylic acids is 1. The van der Waals surface area contributed by atoms with Gasteiger partial charge in [-0.15, -0.1) is 0 Å². The van der Waals surface area contributed by atoms with Gasteiger partial charge in [0.15, 0.2) is 17.6 Å². The molecule has 2 aromatic carbocycles. The molecular weight excluding hydrogens is 484 g/mol. The van der Waals surface area contributed by atoms with Gasteiger partial charge in [-0.05, 0) is 47.7 Å². The van der Waals surface area contributed by atoms with Crippen LogP contribution < -0.4 is 9.47 Å². The van der Waals surface area contributed by atoms with Crippen molar-refractivity contribution < 1.29 is 28.9 Å². The number of rotatable bonds is 9. The van der Waals surface area contributed by atoms with Gasteiger partial charge in [0.25, 0.3) is 5.91 Å². The lowest BCUT2D eigenvalue weighted by Gasteiger charge is -2.37. The molecule has 1 aliphatic heterocycles. The lowest BCUT2D eigenvalue weighted by molar-refractivity contribution is -0.160. The number of amides is 1. The lowest BCUT2D eigenvalue weighted by Crippen LogP contribution is -2.50. The van der Waals surface area contributed by atoms with Crippen molar-refractivity contribution in [3.05, 3.63) is 89.2 Å². The number of methoxy groups -OCH3 is 1. The Balaban J connectivity index is 1.46. The number of ether oxygens (including phenoxy) is 3. The summed E-state index contributed by atoms with van der Waals surface area (Å²) in [6.45, 7) is 0.416. The Morgan fingerprint density at radius 2 is 1.79 bits per heavy atom. The first-order valence-corrected chi connectivity index (χ1v) is 13.0. The summed E-state index contributed by atoms with van der Waals surface area (Å²) in [6, 6.07) is 15.7. The highest BCUT2D eigenvalue weighted by molar-refractivity contribution is 5.88. The molecule has 1 saturated carbocycles. The van der Waals surface area contributed by atoms with E-state index in [4.69, 9.17) is 14.2 Å². The highest BCUT2D eigenvalue weighted by Gasteiger charge is 2.41. The predicted molar refractivity (Wildman–Crippen MR) is 140 cm³/mol. The Kier molecular flexibility index (Phi) is 7.89. The highest BCUT2D eigenvalue weighted by atomic mass is 16.5. The van der Waals surface area contributed by atoms with E-state index in [1.54, 1.807) is 25.6 Å². The van der Waals surface area contributed by atoms with Crippen molar-refractivity contribution in [1.82, 2.24) is 9.88 Å². The summed E-state index contributed by atoms with van der Waals surface area (Å²) >= 11 is 0. The predicted octanol–water partition coefficient (Wildman–Crippen LogP) is 4.71. The molecule has 198 valence electrons. The van der Waals surface area contributed by atoms with E-state index in [2.05, 4.69) is 4.98 Å². The van der Waals surface area contributed by atoms with Crippen LogP contribution in [0.25, 0.3) is 0 Å². The van der Waals surface area contributed by atoms with Crippen molar-refractivity contribution in [3.8, 4) is 11.5 Å². The average Bonchev–Trinajstić information content (AvgIpc) is 3.48. The third-order valence-electron chi connectivity index (χ3n) is 7.31. The normalized spacial score (nSPS) is 18.0. The Morgan fingerprint density at radius 1 is 1.05 bits per heavy atom. The van der Waals surface area contributed by atoms with Crippen molar-refractivity contribution in [2.45, 2.75) is 63.5 Å². The third kappa shape index (κ3) is 5.50. The number of carboxylic acid groups (broad SMARTS) is 1. The number of carbonyl (C=O) groups is 2. The van der Waals surface area contributed by atoms with Gasteiger partial charge < -0.3 is 24.2 Å². The number of nitrogens with zero attached hydrogens (tertiary/aromatic N) is 2. The number of aromatic nitrogens is 1. The molecule has 0 spiro atoms. The van der Waals surface area contributed by atoms with E-state index >= 15 is 0 Å². The van der Waals surface area contributed by atoms with E-state index in [1.807, 2.05) is 48.5 Å². The Labute approximate surface area is 222 Å². The van der Waals surface area contributed by atoms with Crippen LogP contribution in [0.2, 0.25) is 0 Å². The summed E-state index contributed by atoms with van der Waals surface area (Å²) < 4.78 is 18.1. The van der Waals surface area contributed by atoms with Gasteiger partial charge in [-0.2, -0.15) is 0 Å². The molecule has 38 heavy (non-hydrogen) atoms. The van der Waals surface area contributed by atoms with Gasteiger partial charge in [0.05, 0.1) is 13.2 Å². The fourth-order valence-corrected chi connectivity index (χ4v) is 5.30. The number of hydrogen-bond donors (Lipinski definition) is 1. The first-order valence-electron chi connectivity index (χ1n) is 13.0. The van der Waals surface area contributed by atoms with Gasteiger partial charge in [0.1, 0.15) is 12.6 Å². The molecule has 5 rings (SSSR count). The lowest BCUT2D eigenvalue weighted by atomic mass is 9.91. The molecule has 8 nitrogen and oxygen atoms in total. The second kappa shape index (κ2) is 11.6. The first-order chi connectivity index (χ1) is 18.5. The third-order valence-corrected chi connectivity index (χ3v) is 7.31. The minimum atomic E-state index is -1.07. The number of aliphatic carboxylic acids is 1. The van der Waals surface area contributed by atoms with Crippen molar-refractivity contribution in [3.63, 3.8) is 0 Å². The molecule has 3 aromatic rings. The summed E-state index contributed by atoms with van der Waals surface area (Å²) in [5, 5.41) is 10.2. The Hall–Kier alpha value is -3.91. The van der Waals surface area contributed by atoms with Gasteiger partial charge in [-0.25, -0.2) is 4.79 Å². The topological polar surface area (TPSA) is 98.2 Å². The molecule has 2 atom stereocenters. The van der Waals surface area contributed by atoms with E-state index in [0.717, 1.165) is 47.9 Å². The molecule has 0 unspecified atom stereocenters. The van der Waals surface area contributed by atoms with E-state index in [1.165, 1.54) is 4.90 Å². The van der Waals surface area contributed by atoms with Gasteiger partial charge in [-0.3, -0.25) is 9.78 Å². The summed E-state index contributed by atoms with van der Waals surface area (Å²) in [7, 11) is 1.55. The zero-order valence-corrected chi connectivity index (χ0v) is 21.4. The van der Waals surface area contributed by atoms with Gasteiger partial charge in [0.2, 0.25) is 0 Å². The van der Waals surface area contributed by atoms with Crippen LogP contribution >= 0.6 is 0 Å². The molecule has 0 bridgehead atoms. The zero-order chi connectivity index (χ0) is 26.5. The molecule has 1 aliphatic carbocycles. The number of carbonyl (C=O) groups excluding carboxylic acids is 1. The molecule has 1 aromatic heterocycles. The summed E-state index contributed by atoms with van der Waals surface area (Å²) in [6.07, 6.45) is 6.56. The largest absolute Gasteiger partial charge is 0.493 e. The number of hydrogen-bond acceptors (Lipinski definition) is 6. The summed E-state index contributed by atoms with van der Waals surface area (Å²) in [5.74, 6) is -0.383. The van der Waals surface area contributed by atoms with Crippen LogP contribution in [-0.2, 0) is 33.9 Å². The van der Waals surface area contributed by atoms with Crippen LogP contribution in [0.1, 0.15) is 54.0 Å². The van der Waals surface area contributed by atoms with Crippen molar-refractivity contribution in [2.24, 2.45) is 0 Å². The van der Waals surface area contributed by atoms with Gasteiger partial charge in [-0.1, -0.05) is 49.2 Å². The quantitative estimate of drug-likeness (QED) is 0.440. The standard InChI is InChI=1S/C30H32N2O6/c1-36-26-12-11-22-18-32(29(33)27(21-7-3-2-4-8-21)38-23-9-5-6-10-23)25(30(34)35)17-24(22)28(26)37-19-20-13-15-31-16-14-20/h2-4,7-8,11-16,23,25,27H,5-6,9-10,17-19H2,1H3,(H,34,35)/t25-,27-/m0/s1. The smallest absolute Gasteiger partial charge is 0.326 e. The van der Waals surface area contributed by atoms with Gasteiger partial charge >= 0.3 is 5.97 Å². The number of pyridine rings is 1. The van der Waals surface area contributed by atoms with Gasteiger partial charge in [0, 0.05) is 30.9 Å². The van der Waals surface area contributed by atoms with Crippen LogP contribution in [0.3, 0.4) is 0 Å². The molecule has 0 radical (unpaired) electrons. The van der Waals surface area contributed by atoms with Crippen LogP contribution in [0, 0.1) is 0 Å². The molecule has 2 aliphatic rings. The molecule has 1 fully saturated rings. The minimum absolute atomic E-state index is 0.0121. The fourth-order valence-electron chi connectivity index (χ4n) is 5.30. The van der Waals surface area contributed by atoms with E-state index in [0.29, 0.717) is 11.5 Å². The monoisotopic (exact) mass is 516 g/mol. The van der Waals surface area contributed by atoms with E-state index < -0.39 is 18.1 Å². The first kappa shape index (κ1) is 25.7. The van der Waals surface area contributed by atoms with E-state index in [9.17, 15) is 14.7 Å². The summed E-state index contributed by atoms with van der Waals surface area (Å²) in [4.78, 5) is 32.0. The molecule has 2 heterocycles. The zero-order valence-electron chi connectivity index (χ0n) is 21.4. The van der Waals surface area contributed by atoms with Crippen molar-refractivity contribution in [2.75, 3.05) is 7.11 Å². The summed E-state index contributed by atoms with van der Waals surface area (Å²) in [5.41, 5.74) is 3.23. The number of benzene rings is 2. The minimum Gasteiger partial charge on any atom is -0.493 e. The second-order valence-corrected chi connectivity index (χ2v) is 9.74. The molecule has 8 heteroatoms.